The summed E-state index contributed by atoms with van der Waals surface area (Å²) in [4.78, 5) is 0. The highest BCUT2D eigenvalue weighted by Gasteiger charge is 2.32. The van der Waals surface area contributed by atoms with Gasteiger partial charge in [0.15, 0.2) is 0 Å². The molecule has 0 aliphatic rings. The molecule has 1 nitrogen and oxygen atoms in total. The molecule has 2 rings (SSSR count). The third-order valence-electron chi connectivity index (χ3n) is 3.02. The van der Waals surface area contributed by atoms with Gasteiger partial charge in [-0.15, -0.1) is 0 Å². The van der Waals surface area contributed by atoms with Crippen LogP contribution >= 0.6 is 0 Å². The molecule has 0 aromatic heterocycles. The van der Waals surface area contributed by atoms with Crippen molar-refractivity contribution < 1.29 is 13.2 Å². The summed E-state index contributed by atoms with van der Waals surface area (Å²) >= 11 is 0. The fourth-order valence-electron chi connectivity index (χ4n) is 2.05. The van der Waals surface area contributed by atoms with Gasteiger partial charge in [0.1, 0.15) is 0 Å². The highest BCUT2D eigenvalue weighted by Crippen LogP contribution is 2.32. The van der Waals surface area contributed by atoms with Gasteiger partial charge in [-0.05, 0) is 35.2 Å². The predicted octanol–water partition coefficient (Wildman–Crippen LogP) is 4.23. The zero-order chi connectivity index (χ0) is 14.8. The zero-order valence-corrected chi connectivity index (χ0v) is 10.7. The van der Waals surface area contributed by atoms with Gasteiger partial charge in [0.05, 0.1) is 5.56 Å². The van der Waals surface area contributed by atoms with Crippen molar-refractivity contribution in [2.45, 2.75) is 12.6 Å². The second kappa shape index (κ2) is 5.41. The van der Waals surface area contributed by atoms with E-state index in [2.05, 4.69) is 6.58 Å². The number of benzene rings is 2. The molecule has 0 fully saturated rings. The van der Waals surface area contributed by atoms with E-state index in [9.17, 15) is 13.2 Å². The maximum Gasteiger partial charge on any atom is 0.416 e. The molecule has 0 amide bonds. The lowest BCUT2D eigenvalue weighted by Crippen LogP contribution is -2.09. The van der Waals surface area contributed by atoms with Crippen LogP contribution in [0.2, 0.25) is 0 Å². The Morgan fingerprint density at radius 2 is 1.75 bits per heavy atom. The van der Waals surface area contributed by atoms with Crippen LogP contribution in [0.15, 0.2) is 55.1 Å². The van der Waals surface area contributed by atoms with E-state index < -0.39 is 11.7 Å². The van der Waals surface area contributed by atoms with Crippen LogP contribution in [0, 0.1) is 0 Å². The van der Waals surface area contributed by atoms with Gasteiger partial charge in [-0.2, -0.15) is 13.2 Å². The Labute approximate surface area is 115 Å². The molecule has 0 saturated carbocycles. The van der Waals surface area contributed by atoms with Crippen LogP contribution in [0.1, 0.15) is 22.3 Å². The van der Waals surface area contributed by atoms with Crippen LogP contribution in [0.4, 0.5) is 13.2 Å². The molecule has 0 spiro atoms. The number of alkyl halides is 3. The fraction of sp³-hybridized carbons (Fsp3) is 0.125. The molecule has 2 N–H and O–H groups in total. The van der Waals surface area contributed by atoms with E-state index in [4.69, 9.17) is 5.73 Å². The smallest absolute Gasteiger partial charge is 0.399 e. The molecular formula is C16H14F3N. The van der Waals surface area contributed by atoms with E-state index in [0.717, 1.165) is 17.2 Å². The normalized spacial score (nSPS) is 11.3. The molecule has 0 heterocycles. The molecule has 2 aromatic carbocycles. The molecule has 0 saturated heterocycles. The molecule has 0 unspecified atom stereocenters. The average molecular weight is 277 g/mol. The number of rotatable bonds is 3. The number of nitrogens with two attached hydrogens (primary N) is 1. The Kier molecular flexibility index (Phi) is 3.84. The number of hydrogen-bond acceptors (Lipinski definition) is 1. The molecule has 0 radical (unpaired) electrons. The predicted molar refractivity (Wildman–Crippen MR) is 73.9 cm³/mol. The fourth-order valence-corrected chi connectivity index (χ4v) is 2.05. The van der Waals surface area contributed by atoms with E-state index in [1.165, 1.54) is 12.1 Å². The van der Waals surface area contributed by atoms with E-state index in [1.807, 2.05) is 0 Å². The van der Waals surface area contributed by atoms with Crippen molar-refractivity contribution in [3.63, 3.8) is 0 Å². The first-order chi connectivity index (χ1) is 9.38. The Hall–Kier alpha value is -2.23. The highest BCUT2D eigenvalue weighted by atomic mass is 19.4. The standard InChI is InChI=1S/C16H14F3N/c1-11(20)13-7-4-5-12(9-13)10-14-6-2-3-8-15(14)16(17,18)19/h2-9H,1,10,20H2. The summed E-state index contributed by atoms with van der Waals surface area (Å²) < 4.78 is 38.8. The first-order valence-electron chi connectivity index (χ1n) is 6.06. The van der Waals surface area contributed by atoms with Gasteiger partial charge in [-0.25, -0.2) is 0 Å². The van der Waals surface area contributed by atoms with Gasteiger partial charge < -0.3 is 5.73 Å². The lowest BCUT2D eigenvalue weighted by Gasteiger charge is -2.13. The van der Waals surface area contributed by atoms with Crippen molar-refractivity contribution >= 4 is 5.70 Å². The Morgan fingerprint density at radius 3 is 2.40 bits per heavy atom. The lowest BCUT2D eigenvalue weighted by molar-refractivity contribution is -0.138. The summed E-state index contributed by atoms with van der Waals surface area (Å²) in [5.74, 6) is 0. The first-order valence-corrected chi connectivity index (χ1v) is 6.06. The molecule has 0 aliphatic heterocycles. The minimum atomic E-state index is -4.34. The highest BCUT2D eigenvalue weighted by molar-refractivity contribution is 5.60. The summed E-state index contributed by atoms with van der Waals surface area (Å²) in [6, 6.07) is 12.7. The molecule has 0 atom stereocenters. The second-order valence-corrected chi connectivity index (χ2v) is 4.56. The largest absolute Gasteiger partial charge is 0.416 e. The van der Waals surface area contributed by atoms with Crippen LogP contribution in [0.25, 0.3) is 5.70 Å². The monoisotopic (exact) mass is 277 g/mol. The topological polar surface area (TPSA) is 26.0 Å². The van der Waals surface area contributed by atoms with Gasteiger partial charge >= 0.3 is 6.18 Å². The van der Waals surface area contributed by atoms with Crippen LogP contribution in [-0.4, -0.2) is 0 Å². The third kappa shape index (κ3) is 3.20. The summed E-state index contributed by atoms with van der Waals surface area (Å²) in [5, 5.41) is 0. The van der Waals surface area contributed by atoms with E-state index in [-0.39, 0.29) is 12.0 Å². The van der Waals surface area contributed by atoms with Gasteiger partial charge in [-0.1, -0.05) is 43.0 Å². The van der Waals surface area contributed by atoms with Crippen molar-refractivity contribution in [2.75, 3.05) is 0 Å². The first kappa shape index (κ1) is 14.2. The Bertz CT molecular complexity index is 630. The molecule has 0 aliphatic carbocycles. The van der Waals surface area contributed by atoms with Gasteiger partial charge in [0, 0.05) is 5.70 Å². The minimum Gasteiger partial charge on any atom is -0.399 e. The van der Waals surface area contributed by atoms with Gasteiger partial charge in [0.25, 0.3) is 0 Å². The van der Waals surface area contributed by atoms with Crippen LogP contribution in [0.3, 0.4) is 0 Å². The molecule has 104 valence electrons. The second-order valence-electron chi connectivity index (χ2n) is 4.56. The summed E-state index contributed by atoms with van der Waals surface area (Å²) in [7, 11) is 0. The third-order valence-corrected chi connectivity index (χ3v) is 3.02. The van der Waals surface area contributed by atoms with Crippen molar-refractivity contribution in [3.8, 4) is 0 Å². The van der Waals surface area contributed by atoms with E-state index >= 15 is 0 Å². The average Bonchev–Trinajstić information content (AvgIpc) is 2.38. The van der Waals surface area contributed by atoms with Gasteiger partial charge in [-0.3, -0.25) is 0 Å². The Balaban J connectivity index is 2.36. The molecule has 2 aromatic rings. The van der Waals surface area contributed by atoms with Crippen molar-refractivity contribution in [2.24, 2.45) is 5.73 Å². The lowest BCUT2D eigenvalue weighted by atomic mass is 9.98. The maximum atomic E-state index is 12.9. The quantitative estimate of drug-likeness (QED) is 0.892. The Morgan fingerprint density at radius 1 is 1.05 bits per heavy atom. The molecular weight excluding hydrogens is 263 g/mol. The number of halogens is 3. The maximum absolute atomic E-state index is 12.9. The summed E-state index contributed by atoms with van der Waals surface area (Å²) in [5.41, 5.74) is 7.15. The van der Waals surface area contributed by atoms with E-state index in [1.54, 1.807) is 30.3 Å². The summed E-state index contributed by atoms with van der Waals surface area (Å²) in [6.07, 6.45) is -4.14. The number of hydrogen-bond donors (Lipinski definition) is 1. The minimum absolute atomic E-state index is 0.205. The van der Waals surface area contributed by atoms with Crippen LogP contribution in [-0.2, 0) is 12.6 Å². The van der Waals surface area contributed by atoms with Gasteiger partial charge in [0.2, 0.25) is 0 Å². The van der Waals surface area contributed by atoms with Crippen LogP contribution in [0.5, 0.6) is 0 Å². The molecule has 20 heavy (non-hydrogen) atoms. The molecule has 4 heteroatoms. The van der Waals surface area contributed by atoms with Crippen molar-refractivity contribution in [1.82, 2.24) is 0 Å². The summed E-state index contributed by atoms with van der Waals surface area (Å²) in [6.45, 7) is 3.63. The SMILES string of the molecule is C=C(N)c1cccc(Cc2ccccc2C(F)(F)F)c1. The zero-order valence-electron chi connectivity index (χ0n) is 10.7. The van der Waals surface area contributed by atoms with E-state index in [0.29, 0.717) is 5.70 Å². The van der Waals surface area contributed by atoms with Crippen molar-refractivity contribution in [3.05, 3.63) is 77.4 Å². The molecule has 0 bridgehead atoms. The van der Waals surface area contributed by atoms with Crippen LogP contribution < -0.4 is 5.73 Å². The van der Waals surface area contributed by atoms with Crippen molar-refractivity contribution in [1.29, 1.82) is 0 Å².